The number of nitrogens with one attached hydrogen (secondary N) is 1. The van der Waals surface area contributed by atoms with E-state index in [1.54, 1.807) is 24.3 Å². The molecule has 0 spiro atoms. The van der Waals surface area contributed by atoms with Crippen molar-refractivity contribution >= 4 is 33.5 Å². The third kappa shape index (κ3) is 6.54. The molecular weight excluding hydrogens is 543 g/mol. The summed E-state index contributed by atoms with van der Waals surface area (Å²) >= 11 is 0. The molecule has 1 N–H and O–H groups in total. The summed E-state index contributed by atoms with van der Waals surface area (Å²) in [4.78, 5) is 19.3. The summed E-state index contributed by atoms with van der Waals surface area (Å²) in [5.74, 6) is -2.22. The Morgan fingerprint density at radius 2 is 1.83 bits per heavy atom. The molecule has 2 aliphatic heterocycles. The third-order valence-electron chi connectivity index (χ3n) is 7.42. The van der Waals surface area contributed by atoms with Gasteiger partial charge in [-0.25, -0.2) is 9.78 Å². The highest BCUT2D eigenvalue weighted by molar-refractivity contribution is 6.12. The van der Waals surface area contributed by atoms with E-state index >= 15 is 0 Å². The second-order valence-electron chi connectivity index (χ2n) is 10.2. The van der Waals surface area contributed by atoms with Crippen LogP contribution in [0.4, 0.5) is 18.9 Å². The number of anilines is 1. The summed E-state index contributed by atoms with van der Waals surface area (Å²) in [5.41, 5.74) is 1.32. The van der Waals surface area contributed by atoms with Gasteiger partial charge in [-0.3, -0.25) is 0 Å². The lowest BCUT2D eigenvalue weighted by atomic mass is 10.0. The maximum Gasteiger partial charge on any atom is 0.491 e. The van der Waals surface area contributed by atoms with Crippen LogP contribution in [-0.4, -0.2) is 81.7 Å². The van der Waals surface area contributed by atoms with Crippen LogP contribution in [0.1, 0.15) is 32.1 Å². The molecule has 0 amide bonds. The second kappa shape index (κ2) is 12.6. The normalized spacial score (nSPS) is 16.7. The monoisotopic (exact) mass is 577 g/mol. The van der Waals surface area contributed by atoms with Gasteiger partial charge in [0.1, 0.15) is 5.75 Å². The first-order valence-corrected chi connectivity index (χ1v) is 13.8. The van der Waals surface area contributed by atoms with Gasteiger partial charge in [-0.15, -0.1) is 0 Å². The number of ether oxygens (including phenoxy) is 5. The van der Waals surface area contributed by atoms with Gasteiger partial charge in [0.2, 0.25) is 5.75 Å². The molecule has 9 nitrogen and oxygen atoms in total. The van der Waals surface area contributed by atoms with Gasteiger partial charge in [0.05, 0.1) is 42.9 Å². The Kier molecular flexibility index (Phi) is 8.88. The average Bonchev–Trinajstić information content (AvgIpc) is 3.48. The number of benzene rings is 2. The van der Waals surface area contributed by atoms with Crippen LogP contribution in [0.2, 0.25) is 0 Å². The Labute approximate surface area is 235 Å². The number of methoxy groups -OCH3 is 2. The van der Waals surface area contributed by atoms with Crippen LogP contribution in [0.15, 0.2) is 24.3 Å². The first kappa shape index (κ1) is 29.0. The van der Waals surface area contributed by atoms with E-state index in [1.807, 2.05) is 0 Å². The highest BCUT2D eigenvalue weighted by Crippen LogP contribution is 2.49. The van der Waals surface area contributed by atoms with Crippen molar-refractivity contribution < 1.29 is 41.7 Å². The summed E-state index contributed by atoms with van der Waals surface area (Å²) in [7, 11) is 2.82. The van der Waals surface area contributed by atoms with E-state index in [9.17, 15) is 18.0 Å². The molecule has 0 bridgehead atoms. The molecule has 2 aliphatic rings. The van der Waals surface area contributed by atoms with Gasteiger partial charge in [0.15, 0.2) is 11.5 Å². The summed E-state index contributed by atoms with van der Waals surface area (Å²) in [6.07, 6.45) is -0.817. The van der Waals surface area contributed by atoms with Gasteiger partial charge in [-0.2, -0.15) is 13.2 Å². The molecule has 0 saturated carbocycles. The largest absolute Gasteiger partial charge is 0.497 e. The zero-order chi connectivity index (χ0) is 29.0. The fraction of sp³-hybridized carbons (Fsp3) is 0.517. The van der Waals surface area contributed by atoms with Crippen molar-refractivity contribution in [3.8, 4) is 23.0 Å². The molecule has 2 fully saturated rings. The number of pyridine rings is 1. The van der Waals surface area contributed by atoms with E-state index in [0.29, 0.717) is 61.4 Å². The number of halogens is 3. The number of hydrogen-bond acceptors (Lipinski definition) is 9. The number of nitrogens with zero attached hydrogens (tertiary/aromatic N) is 2. The van der Waals surface area contributed by atoms with Crippen molar-refractivity contribution in [3.05, 3.63) is 24.3 Å². The van der Waals surface area contributed by atoms with Gasteiger partial charge in [0, 0.05) is 37.3 Å². The molecule has 41 heavy (non-hydrogen) atoms. The summed E-state index contributed by atoms with van der Waals surface area (Å²) in [5, 5.41) is 4.24. The van der Waals surface area contributed by atoms with Crippen molar-refractivity contribution in [2.75, 3.05) is 59.0 Å². The molecule has 5 rings (SSSR count). The Balaban J connectivity index is 1.65. The maximum atomic E-state index is 13.5. The van der Waals surface area contributed by atoms with Crippen molar-refractivity contribution in [1.29, 1.82) is 0 Å². The molecule has 12 heteroatoms. The number of rotatable bonds is 10. The molecule has 0 unspecified atom stereocenters. The average molecular weight is 578 g/mol. The summed E-state index contributed by atoms with van der Waals surface area (Å²) in [6.45, 7) is 4.30. The fourth-order valence-electron chi connectivity index (χ4n) is 5.36. The first-order valence-electron chi connectivity index (χ1n) is 13.8. The number of aromatic nitrogens is 1. The SMILES string of the molecule is COc1ccc2nc3cc(OCCCN4CCCC4)c(OC)c(OC(=O)C(F)(F)F)c3c(NC3CCOCC3)c2c1. The zero-order valence-corrected chi connectivity index (χ0v) is 23.1. The molecule has 3 aromatic rings. The van der Waals surface area contributed by atoms with Crippen LogP contribution in [0.25, 0.3) is 21.8 Å². The molecule has 1 aromatic heterocycles. The van der Waals surface area contributed by atoms with E-state index in [4.69, 9.17) is 28.7 Å². The van der Waals surface area contributed by atoms with Crippen LogP contribution in [0.5, 0.6) is 23.0 Å². The molecule has 222 valence electrons. The van der Waals surface area contributed by atoms with Crippen LogP contribution >= 0.6 is 0 Å². The third-order valence-corrected chi connectivity index (χ3v) is 7.42. The number of hydrogen-bond donors (Lipinski definition) is 1. The predicted octanol–water partition coefficient (Wildman–Crippen LogP) is 5.33. The molecule has 3 heterocycles. The number of carbonyl (C=O) groups excluding carboxylic acids is 1. The van der Waals surface area contributed by atoms with Crippen LogP contribution in [-0.2, 0) is 9.53 Å². The Hall–Kier alpha value is -3.51. The minimum Gasteiger partial charge on any atom is -0.497 e. The first-order chi connectivity index (χ1) is 19.8. The smallest absolute Gasteiger partial charge is 0.491 e. The topological polar surface area (TPSA) is 91.4 Å². The van der Waals surface area contributed by atoms with Crippen molar-refractivity contribution in [3.63, 3.8) is 0 Å². The van der Waals surface area contributed by atoms with Crippen LogP contribution in [0, 0.1) is 0 Å². The van der Waals surface area contributed by atoms with Crippen molar-refractivity contribution in [2.24, 2.45) is 0 Å². The Morgan fingerprint density at radius 1 is 1.07 bits per heavy atom. The fourth-order valence-corrected chi connectivity index (χ4v) is 5.36. The minimum absolute atomic E-state index is 0.0394. The number of esters is 1. The summed E-state index contributed by atoms with van der Waals surface area (Å²) < 4.78 is 68.0. The van der Waals surface area contributed by atoms with Gasteiger partial charge < -0.3 is 33.9 Å². The lowest BCUT2D eigenvalue weighted by Crippen LogP contribution is -2.29. The van der Waals surface area contributed by atoms with Gasteiger partial charge in [0.25, 0.3) is 0 Å². The second-order valence-corrected chi connectivity index (χ2v) is 10.2. The maximum absolute atomic E-state index is 13.5. The van der Waals surface area contributed by atoms with Crippen LogP contribution < -0.4 is 24.3 Å². The highest BCUT2D eigenvalue weighted by Gasteiger charge is 2.43. The van der Waals surface area contributed by atoms with Crippen LogP contribution in [0.3, 0.4) is 0 Å². The van der Waals surface area contributed by atoms with E-state index in [1.165, 1.54) is 27.1 Å². The van der Waals surface area contributed by atoms with E-state index in [-0.39, 0.29) is 28.4 Å². The number of alkyl halides is 3. The molecular formula is C29H34F3N3O6. The van der Waals surface area contributed by atoms with Gasteiger partial charge >= 0.3 is 12.1 Å². The standard InChI is InChI=1S/C29H34F3N3O6/c1-37-19-6-7-21-20(16-19)25(33-18-8-14-39-15-9-18)24-22(34-21)17-23(40-13-5-12-35-10-3-4-11-35)26(38-2)27(24)41-28(36)29(30,31)32/h6-7,16-18H,3-5,8-15H2,1-2H3,(H,33,34). The Bertz CT molecular complexity index is 1390. The number of carbonyl (C=O) groups is 1. The van der Waals surface area contributed by atoms with Crippen molar-refractivity contribution in [2.45, 2.75) is 44.3 Å². The number of likely N-dealkylation sites (tertiary alicyclic amines) is 1. The van der Waals surface area contributed by atoms with E-state index in [0.717, 1.165) is 19.6 Å². The quantitative estimate of drug-likeness (QED) is 0.149. The highest BCUT2D eigenvalue weighted by atomic mass is 19.4. The van der Waals surface area contributed by atoms with Gasteiger partial charge in [-0.05, 0) is 63.4 Å². The molecule has 0 radical (unpaired) electrons. The summed E-state index contributed by atoms with van der Waals surface area (Å²) in [6, 6.07) is 6.85. The lowest BCUT2D eigenvalue weighted by molar-refractivity contribution is -0.189. The number of fused-ring (bicyclic) bond motifs is 2. The molecule has 2 aromatic carbocycles. The molecule has 0 atom stereocenters. The zero-order valence-electron chi connectivity index (χ0n) is 23.1. The van der Waals surface area contributed by atoms with Crippen molar-refractivity contribution in [1.82, 2.24) is 9.88 Å². The predicted molar refractivity (Wildman–Crippen MR) is 147 cm³/mol. The minimum atomic E-state index is -5.23. The lowest BCUT2D eigenvalue weighted by Gasteiger charge is -2.27. The Morgan fingerprint density at radius 3 is 2.51 bits per heavy atom. The van der Waals surface area contributed by atoms with E-state index < -0.39 is 17.9 Å². The van der Waals surface area contributed by atoms with Gasteiger partial charge in [-0.1, -0.05) is 0 Å². The molecule has 2 saturated heterocycles. The van der Waals surface area contributed by atoms with E-state index in [2.05, 4.69) is 10.2 Å². The molecule has 0 aliphatic carbocycles.